The summed E-state index contributed by atoms with van der Waals surface area (Å²) in [6, 6.07) is 8.55. The van der Waals surface area contributed by atoms with E-state index in [0.29, 0.717) is 0 Å². The van der Waals surface area contributed by atoms with Crippen molar-refractivity contribution in [2.24, 2.45) is 16.9 Å². The van der Waals surface area contributed by atoms with E-state index in [1.54, 1.807) is 12.2 Å². The number of imide groups is 1. The molecule has 2 aromatic carbocycles. The summed E-state index contributed by atoms with van der Waals surface area (Å²) in [6.45, 7) is 0. The van der Waals surface area contributed by atoms with Crippen LogP contribution in [0.2, 0.25) is 0 Å². The lowest BCUT2D eigenvalue weighted by Crippen LogP contribution is -2.46. The van der Waals surface area contributed by atoms with Crippen LogP contribution >= 0.6 is 0 Å². The molecule has 0 aromatic heterocycles. The number of benzene rings is 2. The van der Waals surface area contributed by atoms with Gasteiger partial charge in [0.05, 0.1) is 28.5 Å². The van der Waals surface area contributed by atoms with Gasteiger partial charge in [-0.25, -0.2) is 9.29 Å². The van der Waals surface area contributed by atoms with Gasteiger partial charge in [0, 0.05) is 23.9 Å². The quantitative estimate of drug-likeness (QED) is 0.316. The van der Waals surface area contributed by atoms with E-state index in [2.05, 4.69) is 5.10 Å². The number of fused-ring (bicyclic) bond motifs is 3. The van der Waals surface area contributed by atoms with Crippen molar-refractivity contribution in [3.05, 3.63) is 82.2 Å². The molecule has 2 saturated heterocycles. The third-order valence-corrected chi connectivity index (χ3v) is 5.97. The van der Waals surface area contributed by atoms with E-state index in [1.165, 1.54) is 47.6 Å². The third kappa shape index (κ3) is 2.83. The van der Waals surface area contributed by atoms with E-state index in [0.717, 1.165) is 17.0 Å². The number of rotatable bonds is 4. The van der Waals surface area contributed by atoms with Gasteiger partial charge in [-0.1, -0.05) is 24.3 Å². The molecule has 0 spiro atoms. The zero-order chi connectivity index (χ0) is 22.6. The summed E-state index contributed by atoms with van der Waals surface area (Å²) in [6.07, 6.45) is 4.76. The van der Waals surface area contributed by atoms with Crippen molar-refractivity contribution in [3.8, 4) is 0 Å². The van der Waals surface area contributed by atoms with Gasteiger partial charge in [0.15, 0.2) is 5.78 Å². The molecule has 10 heteroatoms. The highest BCUT2D eigenvalue weighted by atomic mass is 19.1. The number of hydrogen-bond donors (Lipinski definition) is 0. The van der Waals surface area contributed by atoms with Gasteiger partial charge in [0.1, 0.15) is 11.9 Å². The third-order valence-electron chi connectivity index (χ3n) is 5.97. The van der Waals surface area contributed by atoms with Gasteiger partial charge in [-0.05, 0) is 24.3 Å². The fourth-order valence-corrected chi connectivity index (χ4v) is 4.65. The van der Waals surface area contributed by atoms with E-state index in [1.807, 2.05) is 0 Å². The molecule has 32 heavy (non-hydrogen) atoms. The molecule has 2 amide bonds. The molecule has 4 atom stereocenters. The summed E-state index contributed by atoms with van der Waals surface area (Å²) < 4.78 is 13.8. The maximum Gasteiger partial charge on any atom is 0.270 e. The minimum absolute atomic E-state index is 0.0396. The lowest BCUT2D eigenvalue weighted by molar-refractivity contribution is -0.384. The number of anilines is 1. The molecule has 3 aliphatic heterocycles. The molecule has 3 aliphatic rings. The Bertz CT molecular complexity index is 1240. The van der Waals surface area contributed by atoms with Crippen LogP contribution in [-0.2, 0) is 9.59 Å². The number of hydrazone groups is 1. The molecule has 5 rings (SSSR count). The molecule has 0 aliphatic carbocycles. The predicted molar refractivity (Wildman–Crippen MR) is 110 cm³/mol. The number of nitro groups is 1. The first kappa shape index (κ1) is 19.7. The van der Waals surface area contributed by atoms with E-state index in [9.17, 15) is 28.9 Å². The number of non-ortho nitro benzene ring substituents is 1. The highest BCUT2D eigenvalue weighted by Gasteiger charge is 2.64. The van der Waals surface area contributed by atoms with Crippen LogP contribution in [-0.4, -0.2) is 45.8 Å². The average molecular weight is 434 g/mol. The number of nitrogens with zero attached hydrogens (tertiary/aromatic N) is 4. The number of Topliss-reactive ketones (excluding diaryl/α,β-unsaturated/α-hetero) is 1. The standard InChI is InChI=1S/C22H15FN4O5/c23-13-5-2-6-14(11-13)25-21(29)17-16-8-3-9-24-26(16)19(18(17)22(25)30)20(28)12-4-1-7-15(10-12)27(31)32/h1-11,16-19H/t16-,17-,18+,19+/m1/s1. The molecule has 0 N–H and O–H groups in total. The Hall–Kier alpha value is -4.21. The first-order chi connectivity index (χ1) is 15.4. The van der Waals surface area contributed by atoms with Gasteiger partial charge in [-0.15, -0.1) is 0 Å². The number of carbonyl (C=O) groups is 3. The monoisotopic (exact) mass is 434 g/mol. The number of carbonyl (C=O) groups excluding carboxylic acids is 3. The maximum atomic E-state index is 13.8. The van der Waals surface area contributed by atoms with Crippen molar-refractivity contribution in [2.45, 2.75) is 12.1 Å². The Morgan fingerprint density at radius 2 is 1.81 bits per heavy atom. The summed E-state index contributed by atoms with van der Waals surface area (Å²) in [5.41, 5.74) is -0.136. The normalized spacial score (nSPS) is 25.8. The SMILES string of the molecule is O=C(c1cccc([N+](=O)[O-])c1)[C@@H]1[C@H]2C(=O)N(c3cccc(F)c3)C(=O)[C@@H]2[C@H]2C=CC=NN21. The van der Waals surface area contributed by atoms with Gasteiger partial charge in [0.2, 0.25) is 11.8 Å². The lowest BCUT2D eigenvalue weighted by atomic mass is 9.86. The number of ketones is 1. The zero-order valence-electron chi connectivity index (χ0n) is 16.4. The maximum absolute atomic E-state index is 13.8. The fraction of sp³-hybridized carbons (Fsp3) is 0.182. The molecule has 2 fully saturated rings. The molecule has 0 saturated carbocycles. The Labute approximate surface area is 180 Å². The average Bonchev–Trinajstić information content (AvgIpc) is 3.26. The van der Waals surface area contributed by atoms with Crippen LogP contribution in [0.3, 0.4) is 0 Å². The number of amides is 2. The Balaban J connectivity index is 1.58. The second kappa shape index (κ2) is 7.19. The van der Waals surface area contributed by atoms with Crippen LogP contribution in [0.15, 0.2) is 65.8 Å². The molecular weight excluding hydrogens is 419 g/mol. The lowest BCUT2D eigenvalue weighted by Gasteiger charge is -2.30. The number of halogens is 1. The topological polar surface area (TPSA) is 113 Å². The summed E-state index contributed by atoms with van der Waals surface area (Å²) in [7, 11) is 0. The van der Waals surface area contributed by atoms with E-state index >= 15 is 0 Å². The van der Waals surface area contributed by atoms with Crippen molar-refractivity contribution >= 4 is 35.2 Å². The molecule has 9 nitrogen and oxygen atoms in total. The largest absolute Gasteiger partial charge is 0.292 e. The van der Waals surface area contributed by atoms with Gasteiger partial charge in [0.25, 0.3) is 5.69 Å². The summed E-state index contributed by atoms with van der Waals surface area (Å²) >= 11 is 0. The second-order valence-electron chi connectivity index (χ2n) is 7.68. The molecule has 160 valence electrons. The van der Waals surface area contributed by atoms with Gasteiger partial charge >= 0.3 is 0 Å². The minimum atomic E-state index is -1.14. The second-order valence-corrected chi connectivity index (χ2v) is 7.68. The Kier molecular flexibility index (Phi) is 4.43. The molecular formula is C22H15FN4O5. The highest BCUT2D eigenvalue weighted by molar-refractivity contribution is 6.24. The first-order valence-corrected chi connectivity index (χ1v) is 9.79. The van der Waals surface area contributed by atoms with Crippen LogP contribution in [0, 0.1) is 27.8 Å². The van der Waals surface area contributed by atoms with Crippen molar-refractivity contribution < 1.29 is 23.7 Å². The molecule has 2 aromatic rings. The molecule has 0 bridgehead atoms. The number of nitro benzene ring substituents is 1. The highest BCUT2D eigenvalue weighted by Crippen LogP contribution is 2.46. The smallest absolute Gasteiger partial charge is 0.270 e. The van der Waals surface area contributed by atoms with Crippen molar-refractivity contribution in [1.29, 1.82) is 0 Å². The van der Waals surface area contributed by atoms with Crippen LogP contribution in [0.1, 0.15) is 10.4 Å². The van der Waals surface area contributed by atoms with Crippen molar-refractivity contribution in [2.75, 3.05) is 4.90 Å². The van der Waals surface area contributed by atoms with Crippen LogP contribution in [0.4, 0.5) is 15.8 Å². The van der Waals surface area contributed by atoms with E-state index in [-0.39, 0.29) is 16.9 Å². The summed E-state index contributed by atoms with van der Waals surface area (Å²) in [4.78, 5) is 51.6. The Morgan fingerprint density at radius 3 is 2.56 bits per heavy atom. The molecule has 0 radical (unpaired) electrons. The number of hydrogen-bond acceptors (Lipinski definition) is 7. The van der Waals surface area contributed by atoms with E-state index in [4.69, 9.17) is 0 Å². The minimum Gasteiger partial charge on any atom is -0.292 e. The predicted octanol–water partition coefficient (Wildman–Crippen LogP) is 2.33. The summed E-state index contributed by atoms with van der Waals surface area (Å²) in [5.74, 6) is -4.30. The van der Waals surface area contributed by atoms with Crippen LogP contribution in [0.25, 0.3) is 0 Å². The molecule has 3 heterocycles. The first-order valence-electron chi connectivity index (χ1n) is 9.79. The summed E-state index contributed by atoms with van der Waals surface area (Å²) in [5, 5.41) is 16.8. The van der Waals surface area contributed by atoms with Crippen LogP contribution < -0.4 is 4.90 Å². The Morgan fingerprint density at radius 1 is 1.06 bits per heavy atom. The fourth-order valence-electron chi connectivity index (χ4n) is 4.65. The van der Waals surface area contributed by atoms with Crippen molar-refractivity contribution in [1.82, 2.24) is 5.01 Å². The molecule has 0 unspecified atom stereocenters. The van der Waals surface area contributed by atoms with Gasteiger partial charge in [-0.3, -0.25) is 29.5 Å². The van der Waals surface area contributed by atoms with Gasteiger partial charge < -0.3 is 0 Å². The van der Waals surface area contributed by atoms with Crippen molar-refractivity contribution in [3.63, 3.8) is 0 Å². The van der Waals surface area contributed by atoms with Gasteiger partial charge in [-0.2, -0.15) is 5.10 Å². The number of allylic oxidation sites excluding steroid dienone is 1. The zero-order valence-corrected chi connectivity index (χ0v) is 16.4. The van der Waals surface area contributed by atoms with E-state index < -0.39 is 52.3 Å². The van der Waals surface area contributed by atoms with Crippen LogP contribution in [0.5, 0.6) is 0 Å².